The summed E-state index contributed by atoms with van der Waals surface area (Å²) in [6.07, 6.45) is 2.51. The molecule has 164 valence electrons. The summed E-state index contributed by atoms with van der Waals surface area (Å²) in [6.45, 7) is 5.03. The van der Waals surface area contributed by atoms with Gasteiger partial charge in [-0.2, -0.15) is 0 Å². The molecule has 31 heavy (non-hydrogen) atoms. The molecular weight excluding hydrogens is 394 g/mol. The highest BCUT2D eigenvalue weighted by molar-refractivity contribution is 6.46. The summed E-state index contributed by atoms with van der Waals surface area (Å²) < 4.78 is 10.9. The van der Waals surface area contributed by atoms with Gasteiger partial charge in [0.05, 0.1) is 25.3 Å². The normalized spacial score (nSPS) is 17.8. The van der Waals surface area contributed by atoms with Gasteiger partial charge < -0.3 is 19.5 Å². The van der Waals surface area contributed by atoms with Crippen molar-refractivity contribution in [2.75, 3.05) is 20.3 Å². The second-order valence-corrected chi connectivity index (χ2v) is 7.50. The first-order valence-electron chi connectivity index (χ1n) is 10.7. The lowest BCUT2D eigenvalue weighted by Gasteiger charge is -2.25. The van der Waals surface area contributed by atoms with E-state index in [1.807, 2.05) is 26.0 Å². The number of ether oxygens (including phenoxy) is 2. The summed E-state index contributed by atoms with van der Waals surface area (Å²) in [6, 6.07) is 13.5. The Morgan fingerprint density at radius 2 is 1.77 bits per heavy atom. The van der Waals surface area contributed by atoms with Crippen LogP contribution in [0.5, 0.6) is 11.5 Å². The lowest BCUT2D eigenvalue weighted by atomic mass is 9.95. The van der Waals surface area contributed by atoms with Gasteiger partial charge in [-0.05, 0) is 42.7 Å². The van der Waals surface area contributed by atoms with Crippen molar-refractivity contribution in [3.63, 3.8) is 0 Å². The minimum absolute atomic E-state index is 0.0962. The number of aliphatic hydroxyl groups is 1. The third-order valence-electron chi connectivity index (χ3n) is 5.30. The van der Waals surface area contributed by atoms with Crippen LogP contribution in [0.1, 0.15) is 50.3 Å². The Hall–Kier alpha value is -3.28. The average molecular weight is 424 g/mol. The van der Waals surface area contributed by atoms with Crippen LogP contribution in [-0.4, -0.2) is 42.0 Å². The maximum Gasteiger partial charge on any atom is 0.295 e. The first-order valence-corrected chi connectivity index (χ1v) is 10.7. The molecule has 1 atom stereocenters. The molecule has 3 rings (SSSR count). The second kappa shape index (κ2) is 10.2. The maximum atomic E-state index is 13.0. The van der Waals surface area contributed by atoms with Gasteiger partial charge in [-0.3, -0.25) is 9.59 Å². The highest BCUT2D eigenvalue weighted by Gasteiger charge is 2.45. The molecule has 0 saturated carbocycles. The lowest BCUT2D eigenvalue weighted by molar-refractivity contribution is -0.139. The summed E-state index contributed by atoms with van der Waals surface area (Å²) in [4.78, 5) is 27.4. The van der Waals surface area contributed by atoms with Crippen LogP contribution in [0.15, 0.2) is 54.1 Å². The number of Topliss-reactive ketones (excluding diaryl/α,β-unsaturated/α-hetero) is 1. The van der Waals surface area contributed by atoms with Crippen LogP contribution in [0.2, 0.25) is 0 Å². The summed E-state index contributed by atoms with van der Waals surface area (Å²) in [5, 5.41) is 11.1. The molecule has 0 aliphatic carbocycles. The van der Waals surface area contributed by atoms with Crippen molar-refractivity contribution in [2.45, 2.75) is 39.2 Å². The number of carbonyl (C=O) groups is 2. The van der Waals surface area contributed by atoms with Crippen LogP contribution in [0, 0.1) is 0 Å². The minimum Gasteiger partial charge on any atom is -0.507 e. The summed E-state index contributed by atoms with van der Waals surface area (Å²) >= 11 is 0. The Kier molecular flexibility index (Phi) is 7.34. The van der Waals surface area contributed by atoms with Gasteiger partial charge in [0.15, 0.2) is 0 Å². The molecule has 1 N–H and O–H groups in total. The fourth-order valence-corrected chi connectivity index (χ4v) is 3.68. The van der Waals surface area contributed by atoms with Crippen molar-refractivity contribution in [2.24, 2.45) is 0 Å². The molecule has 0 bridgehead atoms. The molecule has 2 aromatic carbocycles. The van der Waals surface area contributed by atoms with E-state index in [1.54, 1.807) is 48.4 Å². The largest absolute Gasteiger partial charge is 0.507 e. The molecular formula is C25H29NO5. The van der Waals surface area contributed by atoms with E-state index in [4.69, 9.17) is 9.47 Å². The van der Waals surface area contributed by atoms with Gasteiger partial charge in [0.2, 0.25) is 0 Å². The fraction of sp³-hybridized carbons (Fsp3) is 0.360. The van der Waals surface area contributed by atoms with E-state index in [0.29, 0.717) is 30.2 Å². The average Bonchev–Trinajstić information content (AvgIpc) is 3.05. The third kappa shape index (κ3) is 4.74. The molecule has 0 radical (unpaired) electrons. The number of aliphatic hydroxyl groups excluding tert-OH is 1. The molecule has 1 unspecified atom stereocenters. The number of amides is 1. The standard InChI is InChI=1S/C25H29NO5/c1-4-6-14-26-22(17-10-12-19(30-3)13-11-17)21(24(28)25(26)29)23(27)18-8-7-9-20(16-18)31-15-5-2/h7-13,16,22,27H,4-6,14-15H2,1-3H3/b23-21-. The number of rotatable bonds is 9. The van der Waals surface area contributed by atoms with Gasteiger partial charge in [0.1, 0.15) is 17.3 Å². The van der Waals surface area contributed by atoms with Gasteiger partial charge in [0.25, 0.3) is 11.7 Å². The van der Waals surface area contributed by atoms with Crippen LogP contribution in [0.3, 0.4) is 0 Å². The molecule has 1 aliphatic rings. The van der Waals surface area contributed by atoms with Crippen molar-refractivity contribution in [3.05, 3.63) is 65.2 Å². The first kappa shape index (κ1) is 22.4. The van der Waals surface area contributed by atoms with E-state index >= 15 is 0 Å². The molecule has 0 spiro atoms. The predicted molar refractivity (Wildman–Crippen MR) is 119 cm³/mol. The number of hydrogen-bond acceptors (Lipinski definition) is 5. The minimum atomic E-state index is -0.672. The summed E-state index contributed by atoms with van der Waals surface area (Å²) in [7, 11) is 1.58. The Balaban J connectivity index is 2.09. The molecule has 1 aliphatic heterocycles. The fourth-order valence-electron chi connectivity index (χ4n) is 3.68. The quantitative estimate of drug-likeness (QED) is 0.359. The molecule has 1 amide bonds. The molecule has 1 fully saturated rings. The number of carbonyl (C=O) groups excluding carboxylic acids is 2. The van der Waals surface area contributed by atoms with Crippen molar-refractivity contribution >= 4 is 17.4 Å². The van der Waals surface area contributed by atoms with Crippen LogP contribution in [0.4, 0.5) is 0 Å². The number of ketones is 1. The van der Waals surface area contributed by atoms with Crippen molar-refractivity contribution < 1.29 is 24.2 Å². The van der Waals surface area contributed by atoms with E-state index in [2.05, 4.69) is 0 Å². The topological polar surface area (TPSA) is 76.1 Å². The number of likely N-dealkylation sites (tertiary alicyclic amines) is 1. The highest BCUT2D eigenvalue weighted by Crippen LogP contribution is 2.40. The van der Waals surface area contributed by atoms with Crippen molar-refractivity contribution in [1.82, 2.24) is 4.90 Å². The SMILES string of the molecule is CCCCN1C(=O)C(=O)/C(=C(\O)c2cccc(OCCC)c2)C1c1ccc(OC)cc1. The van der Waals surface area contributed by atoms with E-state index < -0.39 is 17.7 Å². The zero-order chi connectivity index (χ0) is 22.4. The Labute approximate surface area is 183 Å². The number of benzene rings is 2. The smallest absolute Gasteiger partial charge is 0.295 e. The van der Waals surface area contributed by atoms with Crippen LogP contribution in [0.25, 0.3) is 5.76 Å². The van der Waals surface area contributed by atoms with Crippen molar-refractivity contribution in [3.8, 4) is 11.5 Å². The molecule has 0 aromatic heterocycles. The lowest BCUT2D eigenvalue weighted by Crippen LogP contribution is -2.30. The van der Waals surface area contributed by atoms with E-state index in [0.717, 1.165) is 24.8 Å². The Morgan fingerprint density at radius 1 is 1.03 bits per heavy atom. The zero-order valence-electron chi connectivity index (χ0n) is 18.3. The zero-order valence-corrected chi connectivity index (χ0v) is 18.3. The maximum absolute atomic E-state index is 13.0. The molecule has 1 heterocycles. The van der Waals surface area contributed by atoms with E-state index in [1.165, 1.54) is 0 Å². The monoisotopic (exact) mass is 423 g/mol. The van der Waals surface area contributed by atoms with Crippen LogP contribution in [-0.2, 0) is 9.59 Å². The van der Waals surface area contributed by atoms with E-state index in [-0.39, 0.29) is 11.3 Å². The molecule has 6 nitrogen and oxygen atoms in total. The van der Waals surface area contributed by atoms with Gasteiger partial charge in [-0.15, -0.1) is 0 Å². The first-order chi connectivity index (χ1) is 15.0. The second-order valence-electron chi connectivity index (χ2n) is 7.50. The van der Waals surface area contributed by atoms with Gasteiger partial charge in [-0.1, -0.05) is 44.5 Å². The van der Waals surface area contributed by atoms with Gasteiger partial charge in [0, 0.05) is 12.1 Å². The summed E-state index contributed by atoms with van der Waals surface area (Å²) in [5.41, 5.74) is 1.29. The summed E-state index contributed by atoms with van der Waals surface area (Å²) in [5.74, 6) is -0.175. The third-order valence-corrected chi connectivity index (χ3v) is 5.30. The number of hydrogen-bond donors (Lipinski definition) is 1. The van der Waals surface area contributed by atoms with Crippen molar-refractivity contribution in [1.29, 1.82) is 0 Å². The molecule has 6 heteroatoms. The van der Waals surface area contributed by atoms with Crippen LogP contribution >= 0.6 is 0 Å². The van der Waals surface area contributed by atoms with Crippen LogP contribution < -0.4 is 9.47 Å². The Bertz CT molecular complexity index is 964. The highest BCUT2D eigenvalue weighted by atomic mass is 16.5. The molecule has 1 saturated heterocycles. The molecule has 2 aromatic rings. The number of unbranched alkanes of at least 4 members (excludes halogenated alkanes) is 1. The van der Waals surface area contributed by atoms with Gasteiger partial charge in [-0.25, -0.2) is 0 Å². The van der Waals surface area contributed by atoms with E-state index in [9.17, 15) is 14.7 Å². The predicted octanol–water partition coefficient (Wildman–Crippen LogP) is 4.71. The van der Waals surface area contributed by atoms with Gasteiger partial charge >= 0.3 is 0 Å². The number of nitrogens with zero attached hydrogens (tertiary/aromatic N) is 1. The number of methoxy groups -OCH3 is 1. The Morgan fingerprint density at radius 3 is 2.42 bits per heavy atom.